The number of amides is 1. The van der Waals surface area contributed by atoms with Crippen molar-refractivity contribution in [1.82, 2.24) is 5.32 Å². The summed E-state index contributed by atoms with van der Waals surface area (Å²) in [5.41, 5.74) is 0. The number of esters is 1. The van der Waals surface area contributed by atoms with E-state index in [4.69, 9.17) is 4.74 Å². The van der Waals surface area contributed by atoms with Crippen molar-refractivity contribution in [2.75, 3.05) is 6.61 Å². The first-order valence-corrected chi connectivity index (χ1v) is 22.6. The van der Waals surface area contributed by atoms with Gasteiger partial charge in [0.25, 0.3) is 0 Å². The number of carbonyl (C=O) groups is 2. The Kier molecular flexibility index (Phi) is 39.2. The Morgan fingerprint density at radius 1 is 0.558 bits per heavy atom. The Morgan fingerprint density at radius 3 is 1.46 bits per heavy atom. The van der Waals surface area contributed by atoms with Crippen molar-refractivity contribution in [2.45, 2.75) is 251 Å². The molecule has 0 fully saturated rings. The highest BCUT2D eigenvalue weighted by atomic mass is 16.5. The molecule has 6 heteroatoms. The molecule has 0 aromatic heterocycles. The molecule has 3 N–H and O–H groups in total. The van der Waals surface area contributed by atoms with Gasteiger partial charge >= 0.3 is 5.97 Å². The fraction of sp³-hybridized carbons (Fsp3) is 0.870. The topological polar surface area (TPSA) is 95.9 Å². The summed E-state index contributed by atoms with van der Waals surface area (Å²) in [4.78, 5) is 25.9. The smallest absolute Gasteiger partial charge is 0.306 e. The van der Waals surface area contributed by atoms with Gasteiger partial charge in [0, 0.05) is 6.42 Å². The van der Waals surface area contributed by atoms with E-state index in [0.717, 1.165) is 77.0 Å². The highest BCUT2D eigenvalue weighted by Gasteiger charge is 2.24. The second-order valence-corrected chi connectivity index (χ2v) is 15.5. The Morgan fingerprint density at radius 2 is 0.962 bits per heavy atom. The van der Waals surface area contributed by atoms with Gasteiger partial charge in [-0.3, -0.25) is 9.59 Å². The summed E-state index contributed by atoms with van der Waals surface area (Å²) < 4.78 is 5.88. The van der Waals surface area contributed by atoms with Crippen molar-refractivity contribution >= 4 is 11.9 Å². The molecule has 0 aliphatic rings. The van der Waals surface area contributed by atoms with Crippen LogP contribution in [0.4, 0.5) is 0 Å². The highest BCUT2D eigenvalue weighted by Crippen LogP contribution is 2.17. The van der Waals surface area contributed by atoms with Crippen LogP contribution in [0.2, 0.25) is 0 Å². The van der Waals surface area contributed by atoms with E-state index in [1.54, 1.807) is 0 Å². The molecule has 0 rings (SSSR count). The lowest BCUT2D eigenvalue weighted by atomic mass is 10.0. The van der Waals surface area contributed by atoms with E-state index in [0.29, 0.717) is 19.3 Å². The van der Waals surface area contributed by atoms with Crippen LogP contribution < -0.4 is 5.32 Å². The van der Waals surface area contributed by atoms with Crippen molar-refractivity contribution in [3.8, 4) is 0 Å². The van der Waals surface area contributed by atoms with Crippen LogP contribution >= 0.6 is 0 Å². The van der Waals surface area contributed by atoms with Gasteiger partial charge in [0.2, 0.25) is 5.91 Å². The van der Waals surface area contributed by atoms with Gasteiger partial charge in [-0.25, -0.2) is 0 Å². The number of aliphatic hydroxyl groups excluding tert-OH is 2. The van der Waals surface area contributed by atoms with Crippen LogP contribution in [0.5, 0.6) is 0 Å². The second kappa shape index (κ2) is 40.5. The predicted octanol–water partition coefficient (Wildman–Crippen LogP) is 12.8. The van der Waals surface area contributed by atoms with E-state index in [2.05, 4.69) is 50.4 Å². The lowest BCUT2D eigenvalue weighted by Gasteiger charge is -2.24. The quantitative estimate of drug-likeness (QED) is 0.0331. The molecule has 0 bridgehead atoms. The predicted molar refractivity (Wildman–Crippen MR) is 223 cm³/mol. The molecule has 0 aromatic carbocycles. The Balaban J connectivity index is 4.63. The van der Waals surface area contributed by atoms with Gasteiger partial charge in [0.05, 0.1) is 25.2 Å². The molecule has 3 atom stereocenters. The maximum Gasteiger partial charge on any atom is 0.306 e. The number of unbranched alkanes of at least 4 members (excludes halogenated alkanes) is 25. The van der Waals surface area contributed by atoms with Gasteiger partial charge in [-0.1, -0.05) is 193 Å². The third-order valence-electron chi connectivity index (χ3n) is 10.3. The molecular weight excluding hydrogens is 647 g/mol. The van der Waals surface area contributed by atoms with Gasteiger partial charge in [-0.2, -0.15) is 0 Å². The van der Waals surface area contributed by atoms with Gasteiger partial charge in [-0.05, 0) is 51.4 Å². The van der Waals surface area contributed by atoms with Crippen molar-refractivity contribution < 1.29 is 24.5 Å². The summed E-state index contributed by atoms with van der Waals surface area (Å²) in [7, 11) is 0. The van der Waals surface area contributed by atoms with Gasteiger partial charge in [0.1, 0.15) is 6.10 Å². The molecule has 306 valence electrons. The lowest BCUT2D eigenvalue weighted by Crippen LogP contribution is -2.46. The van der Waals surface area contributed by atoms with Crippen LogP contribution in [-0.2, 0) is 14.3 Å². The van der Waals surface area contributed by atoms with Gasteiger partial charge in [0.15, 0.2) is 0 Å². The number of hydrogen-bond donors (Lipinski definition) is 3. The fourth-order valence-corrected chi connectivity index (χ4v) is 6.83. The number of carbonyl (C=O) groups excluding carboxylic acids is 2. The van der Waals surface area contributed by atoms with E-state index in [1.165, 1.54) is 109 Å². The maximum atomic E-state index is 13.1. The van der Waals surface area contributed by atoms with Crippen LogP contribution in [0.15, 0.2) is 24.3 Å². The minimum Gasteiger partial charge on any atom is -0.462 e. The summed E-state index contributed by atoms with van der Waals surface area (Å²) in [5.74, 6) is -0.490. The van der Waals surface area contributed by atoms with E-state index in [9.17, 15) is 19.8 Å². The van der Waals surface area contributed by atoms with E-state index in [-0.39, 0.29) is 24.9 Å². The molecule has 6 nitrogen and oxygen atoms in total. The Hall–Kier alpha value is -1.66. The van der Waals surface area contributed by atoms with Gasteiger partial charge < -0.3 is 20.3 Å². The van der Waals surface area contributed by atoms with Crippen molar-refractivity contribution in [2.24, 2.45) is 0 Å². The number of aliphatic hydroxyl groups is 2. The minimum atomic E-state index is -0.786. The summed E-state index contributed by atoms with van der Waals surface area (Å²) in [6.07, 6.45) is 43.7. The van der Waals surface area contributed by atoms with E-state index >= 15 is 0 Å². The Labute approximate surface area is 322 Å². The molecule has 0 radical (unpaired) electrons. The first kappa shape index (κ1) is 50.3. The largest absolute Gasteiger partial charge is 0.462 e. The van der Waals surface area contributed by atoms with Crippen LogP contribution in [-0.4, -0.2) is 46.9 Å². The molecule has 1 amide bonds. The number of hydrogen-bond acceptors (Lipinski definition) is 5. The van der Waals surface area contributed by atoms with Gasteiger partial charge in [-0.15, -0.1) is 0 Å². The fourth-order valence-electron chi connectivity index (χ4n) is 6.83. The van der Waals surface area contributed by atoms with Crippen molar-refractivity contribution in [3.63, 3.8) is 0 Å². The monoisotopic (exact) mass is 734 g/mol. The zero-order chi connectivity index (χ0) is 38.2. The lowest BCUT2D eigenvalue weighted by molar-refractivity contribution is -0.151. The van der Waals surface area contributed by atoms with Crippen molar-refractivity contribution in [3.05, 3.63) is 24.3 Å². The van der Waals surface area contributed by atoms with E-state index < -0.39 is 18.2 Å². The summed E-state index contributed by atoms with van der Waals surface area (Å²) >= 11 is 0. The molecule has 0 aliphatic carbocycles. The zero-order valence-corrected chi connectivity index (χ0v) is 34.7. The molecule has 3 unspecified atom stereocenters. The number of rotatable bonds is 40. The first-order chi connectivity index (χ1) is 25.5. The van der Waals surface area contributed by atoms with Crippen LogP contribution in [0.3, 0.4) is 0 Å². The van der Waals surface area contributed by atoms with E-state index in [1.807, 2.05) is 0 Å². The normalized spacial score (nSPS) is 13.6. The number of allylic oxidation sites excluding steroid dienone is 4. The number of ether oxygens (including phenoxy) is 1. The molecule has 0 aromatic rings. The first-order valence-electron chi connectivity index (χ1n) is 22.6. The molecular formula is C46H87NO5. The van der Waals surface area contributed by atoms with Crippen LogP contribution in [0.1, 0.15) is 233 Å². The maximum absolute atomic E-state index is 13.1. The average Bonchev–Trinajstić information content (AvgIpc) is 3.13. The Bertz CT molecular complexity index is 828. The molecule has 0 spiro atoms. The molecule has 52 heavy (non-hydrogen) atoms. The summed E-state index contributed by atoms with van der Waals surface area (Å²) in [5, 5.41) is 23.6. The third kappa shape index (κ3) is 35.4. The second-order valence-electron chi connectivity index (χ2n) is 15.5. The standard InChI is InChI=1S/C46H87NO5/c1-4-7-10-13-16-19-22-23-24-25-28-31-34-37-42(52-46(51)39-36-33-30-27-21-18-15-12-9-6-3)40-45(50)47-43(41-48)44(49)38-35-32-29-26-20-17-14-11-8-5-2/h16,19,22-23,42-44,48-49H,4-15,17-18,20-21,24-41H2,1-3H3,(H,47,50)/b19-16+,23-22+. The molecule has 0 aliphatic heterocycles. The molecule has 0 heterocycles. The third-order valence-corrected chi connectivity index (χ3v) is 10.3. The minimum absolute atomic E-state index is 0.0680. The van der Waals surface area contributed by atoms with Crippen LogP contribution in [0, 0.1) is 0 Å². The molecule has 0 saturated carbocycles. The SMILES string of the molecule is CCCCC/C=C/C=C/CCCCCCC(CC(=O)NC(CO)C(O)CCCCCCCCCCCC)OC(=O)CCCCCCCCCCCC. The summed E-state index contributed by atoms with van der Waals surface area (Å²) in [6, 6.07) is -0.701. The van der Waals surface area contributed by atoms with Crippen molar-refractivity contribution in [1.29, 1.82) is 0 Å². The molecule has 0 saturated heterocycles. The average molecular weight is 734 g/mol. The summed E-state index contributed by atoms with van der Waals surface area (Å²) in [6.45, 7) is 6.41. The zero-order valence-electron chi connectivity index (χ0n) is 34.7. The highest BCUT2D eigenvalue weighted by molar-refractivity contribution is 5.77. The van der Waals surface area contributed by atoms with Crippen LogP contribution in [0.25, 0.3) is 0 Å². The number of nitrogens with one attached hydrogen (secondary N) is 1.